The first-order valence-corrected chi connectivity index (χ1v) is 8.04. The quantitative estimate of drug-likeness (QED) is 0.722. The number of ether oxygens (including phenoxy) is 1. The third-order valence-corrected chi connectivity index (χ3v) is 3.90. The van der Waals surface area contributed by atoms with Gasteiger partial charge in [0.15, 0.2) is 11.6 Å². The number of hydrogen-bond donors (Lipinski definition) is 3. The van der Waals surface area contributed by atoms with E-state index in [2.05, 4.69) is 10.6 Å². The fourth-order valence-corrected chi connectivity index (χ4v) is 2.39. The van der Waals surface area contributed by atoms with Crippen molar-refractivity contribution < 1.29 is 19.0 Å². The van der Waals surface area contributed by atoms with Gasteiger partial charge in [-0.05, 0) is 36.6 Å². The Kier molecular flexibility index (Phi) is 6.36. The van der Waals surface area contributed by atoms with Gasteiger partial charge in [0.2, 0.25) is 0 Å². The van der Waals surface area contributed by atoms with Crippen molar-refractivity contribution in [1.82, 2.24) is 10.6 Å². The number of hydrogen-bond acceptors (Lipinski definition) is 3. The summed E-state index contributed by atoms with van der Waals surface area (Å²) in [7, 11) is 1.41. The van der Waals surface area contributed by atoms with E-state index < -0.39 is 11.4 Å². The van der Waals surface area contributed by atoms with E-state index >= 15 is 0 Å². The first-order chi connectivity index (χ1) is 11.9. The number of methoxy groups -OCH3 is 1. The van der Waals surface area contributed by atoms with Crippen molar-refractivity contribution in [3.63, 3.8) is 0 Å². The summed E-state index contributed by atoms with van der Waals surface area (Å²) in [5, 5.41) is 15.8. The summed E-state index contributed by atoms with van der Waals surface area (Å²) < 4.78 is 18.3. The van der Waals surface area contributed by atoms with Crippen LogP contribution in [0.15, 0.2) is 48.5 Å². The Balaban J connectivity index is 1.77. The second-order valence-corrected chi connectivity index (χ2v) is 5.97. The zero-order chi connectivity index (χ0) is 18.3. The largest absolute Gasteiger partial charge is 0.494 e. The molecule has 5 nitrogen and oxygen atoms in total. The van der Waals surface area contributed by atoms with Crippen molar-refractivity contribution in [3.8, 4) is 5.75 Å². The molecule has 0 saturated heterocycles. The van der Waals surface area contributed by atoms with Gasteiger partial charge in [-0.1, -0.05) is 36.4 Å². The SMILES string of the molecule is COc1cc(CCNC(=O)NCC(C)(O)c2ccccc2)ccc1F. The maximum absolute atomic E-state index is 13.3. The highest BCUT2D eigenvalue weighted by atomic mass is 19.1. The molecule has 0 aliphatic heterocycles. The number of urea groups is 1. The molecule has 6 heteroatoms. The smallest absolute Gasteiger partial charge is 0.314 e. The van der Waals surface area contributed by atoms with Crippen LogP contribution in [0.2, 0.25) is 0 Å². The van der Waals surface area contributed by atoms with Gasteiger partial charge >= 0.3 is 6.03 Å². The molecule has 2 amide bonds. The van der Waals surface area contributed by atoms with Crippen LogP contribution >= 0.6 is 0 Å². The van der Waals surface area contributed by atoms with Crippen LogP contribution < -0.4 is 15.4 Å². The number of rotatable bonds is 7. The van der Waals surface area contributed by atoms with Gasteiger partial charge in [0.1, 0.15) is 5.60 Å². The number of benzene rings is 2. The maximum atomic E-state index is 13.3. The van der Waals surface area contributed by atoms with Crippen LogP contribution in [0.1, 0.15) is 18.1 Å². The van der Waals surface area contributed by atoms with Crippen LogP contribution in [0.5, 0.6) is 5.75 Å². The number of amides is 2. The van der Waals surface area contributed by atoms with Crippen molar-refractivity contribution in [2.24, 2.45) is 0 Å². The van der Waals surface area contributed by atoms with E-state index in [0.717, 1.165) is 11.1 Å². The molecular weight excluding hydrogens is 323 g/mol. The Morgan fingerprint density at radius 1 is 1.20 bits per heavy atom. The van der Waals surface area contributed by atoms with Gasteiger partial charge in [-0.2, -0.15) is 0 Å². The Labute approximate surface area is 146 Å². The van der Waals surface area contributed by atoms with Crippen molar-refractivity contribution in [3.05, 3.63) is 65.5 Å². The van der Waals surface area contributed by atoms with E-state index in [-0.39, 0.29) is 18.3 Å². The van der Waals surface area contributed by atoms with Gasteiger partial charge in [0.05, 0.1) is 13.7 Å². The van der Waals surface area contributed by atoms with Gasteiger partial charge in [-0.15, -0.1) is 0 Å². The van der Waals surface area contributed by atoms with Crippen LogP contribution in [-0.4, -0.2) is 31.3 Å². The molecule has 0 radical (unpaired) electrons. The lowest BCUT2D eigenvalue weighted by Crippen LogP contribution is -2.43. The summed E-state index contributed by atoms with van der Waals surface area (Å²) in [6, 6.07) is 13.4. The lowest BCUT2D eigenvalue weighted by Gasteiger charge is -2.24. The molecule has 0 spiro atoms. The molecule has 0 heterocycles. The molecule has 2 rings (SSSR count). The van der Waals surface area contributed by atoms with Gasteiger partial charge in [0, 0.05) is 6.54 Å². The first-order valence-electron chi connectivity index (χ1n) is 8.04. The molecule has 25 heavy (non-hydrogen) atoms. The van der Waals surface area contributed by atoms with Crippen molar-refractivity contribution in [2.75, 3.05) is 20.2 Å². The fourth-order valence-electron chi connectivity index (χ4n) is 2.39. The highest BCUT2D eigenvalue weighted by Crippen LogP contribution is 2.19. The van der Waals surface area contributed by atoms with E-state index in [0.29, 0.717) is 13.0 Å². The van der Waals surface area contributed by atoms with Gasteiger partial charge in [-0.25, -0.2) is 9.18 Å². The Morgan fingerprint density at radius 2 is 1.92 bits per heavy atom. The standard InChI is InChI=1S/C19H23FN2O3/c1-19(24,15-6-4-3-5-7-15)13-22-18(23)21-11-10-14-8-9-16(20)17(12-14)25-2/h3-9,12,24H,10-11,13H2,1-2H3,(H2,21,22,23). The summed E-state index contributed by atoms with van der Waals surface area (Å²) >= 11 is 0. The maximum Gasteiger partial charge on any atom is 0.314 e. The summed E-state index contributed by atoms with van der Waals surface area (Å²) in [4.78, 5) is 11.9. The molecule has 2 aromatic rings. The third-order valence-electron chi connectivity index (χ3n) is 3.90. The average molecular weight is 346 g/mol. The molecular formula is C19H23FN2O3. The fraction of sp³-hybridized carbons (Fsp3) is 0.316. The Hall–Kier alpha value is -2.60. The Morgan fingerprint density at radius 3 is 2.60 bits per heavy atom. The van der Waals surface area contributed by atoms with Crippen molar-refractivity contribution in [1.29, 1.82) is 0 Å². The summed E-state index contributed by atoms with van der Waals surface area (Å²) in [5.41, 5.74) is 0.437. The molecule has 2 aromatic carbocycles. The minimum Gasteiger partial charge on any atom is -0.494 e. The van der Waals surface area contributed by atoms with Crippen molar-refractivity contribution in [2.45, 2.75) is 18.9 Å². The minimum atomic E-state index is -1.15. The molecule has 134 valence electrons. The lowest BCUT2D eigenvalue weighted by atomic mass is 9.96. The highest BCUT2D eigenvalue weighted by Gasteiger charge is 2.23. The van der Waals surface area contributed by atoms with Crippen LogP contribution in [0, 0.1) is 5.82 Å². The predicted molar refractivity (Wildman–Crippen MR) is 94.1 cm³/mol. The number of carbonyl (C=O) groups is 1. The second kappa shape index (κ2) is 8.48. The van der Waals surface area contributed by atoms with Crippen molar-refractivity contribution >= 4 is 6.03 Å². The minimum absolute atomic E-state index is 0.0905. The molecule has 0 saturated carbocycles. The van der Waals surface area contributed by atoms with Crippen LogP contribution in [-0.2, 0) is 12.0 Å². The van der Waals surface area contributed by atoms with Gasteiger partial charge < -0.3 is 20.5 Å². The third kappa shape index (κ3) is 5.46. The molecule has 1 unspecified atom stereocenters. The van der Waals surface area contributed by atoms with Crippen LogP contribution in [0.25, 0.3) is 0 Å². The number of halogens is 1. The molecule has 0 fully saturated rings. The highest BCUT2D eigenvalue weighted by molar-refractivity contribution is 5.73. The van der Waals surface area contributed by atoms with E-state index in [1.54, 1.807) is 19.1 Å². The lowest BCUT2D eigenvalue weighted by molar-refractivity contribution is 0.0594. The normalized spacial score (nSPS) is 13.0. The summed E-state index contributed by atoms with van der Waals surface area (Å²) in [5.74, 6) is -0.235. The Bertz CT molecular complexity index is 705. The van der Waals surface area contributed by atoms with E-state index in [1.165, 1.54) is 13.2 Å². The molecule has 0 aliphatic carbocycles. The topological polar surface area (TPSA) is 70.6 Å². The first kappa shape index (κ1) is 18.7. The summed E-state index contributed by atoms with van der Waals surface area (Å²) in [6.07, 6.45) is 0.541. The zero-order valence-corrected chi connectivity index (χ0v) is 14.4. The number of carbonyl (C=O) groups excluding carboxylic acids is 1. The average Bonchev–Trinajstić information content (AvgIpc) is 2.62. The number of aliphatic hydroxyl groups is 1. The molecule has 3 N–H and O–H groups in total. The zero-order valence-electron chi connectivity index (χ0n) is 14.4. The number of nitrogens with one attached hydrogen (secondary N) is 2. The van der Waals surface area contributed by atoms with Crippen LogP contribution in [0.3, 0.4) is 0 Å². The molecule has 1 atom stereocenters. The molecule has 0 aliphatic rings. The van der Waals surface area contributed by atoms with Gasteiger partial charge in [0.25, 0.3) is 0 Å². The second-order valence-electron chi connectivity index (χ2n) is 5.97. The van der Waals surface area contributed by atoms with E-state index in [4.69, 9.17) is 4.74 Å². The van der Waals surface area contributed by atoms with Crippen LogP contribution in [0.4, 0.5) is 9.18 Å². The van der Waals surface area contributed by atoms with E-state index in [9.17, 15) is 14.3 Å². The monoisotopic (exact) mass is 346 g/mol. The predicted octanol–water partition coefficient (Wildman–Crippen LogP) is 2.58. The van der Waals surface area contributed by atoms with Gasteiger partial charge in [-0.3, -0.25) is 0 Å². The molecule has 0 aromatic heterocycles. The summed E-state index contributed by atoms with van der Waals surface area (Å²) in [6.45, 7) is 2.12. The molecule has 0 bridgehead atoms. The van der Waals surface area contributed by atoms with E-state index in [1.807, 2.05) is 30.3 Å².